The lowest BCUT2D eigenvalue weighted by atomic mass is 10.2. The van der Waals surface area contributed by atoms with Crippen molar-refractivity contribution in [2.75, 3.05) is 0 Å². The van der Waals surface area contributed by atoms with Gasteiger partial charge >= 0.3 is 5.91 Å². The van der Waals surface area contributed by atoms with E-state index in [1.165, 1.54) is 28.8 Å². The third-order valence-corrected chi connectivity index (χ3v) is 3.35. The van der Waals surface area contributed by atoms with Crippen LogP contribution in [0.15, 0.2) is 47.7 Å². The fourth-order valence-corrected chi connectivity index (χ4v) is 2.17. The second-order valence-corrected chi connectivity index (χ2v) is 5.03. The number of aromatic nitrogens is 3. The molecular weight excluding hydrogens is 336 g/mol. The number of pyridine rings is 1. The molecule has 24 heavy (non-hydrogen) atoms. The summed E-state index contributed by atoms with van der Waals surface area (Å²) in [5, 5.41) is 22.4. The van der Waals surface area contributed by atoms with Gasteiger partial charge in [0.1, 0.15) is 0 Å². The van der Waals surface area contributed by atoms with E-state index >= 15 is 0 Å². The van der Waals surface area contributed by atoms with E-state index in [0.717, 1.165) is 0 Å². The summed E-state index contributed by atoms with van der Waals surface area (Å²) < 4.78 is 1.43. The summed E-state index contributed by atoms with van der Waals surface area (Å²) in [7, 11) is 0. The molecule has 3 aromatic rings. The molecule has 0 atom stereocenters. The van der Waals surface area contributed by atoms with Crippen molar-refractivity contribution in [3.63, 3.8) is 0 Å². The van der Waals surface area contributed by atoms with E-state index < -0.39 is 10.8 Å². The second-order valence-electron chi connectivity index (χ2n) is 4.62. The summed E-state index contributed by atoms with van der Waals surface area (Å²) in [5.41, 5.74) is 3.05. The van der Waals surface area contributed by atoms with Gasteiger partial charge in [-0.3, -0.25) is 19.3 Å². The maximum atomic E-state index is 12.1. The Hall–Kier alpha value is -3.33. The lowest BCUT2D eigenvalue weighted by Gasteiger charge is -1.99. The number of hydrogen-bond donors (Lipinski definition) is 1. The third kappa shape index (κ3) is 3.06. The minimum Gasteiger partial charge on any atom is -0.277 e. The lowest BCUT2D eigenvalue weighted by molar-refractivity contribution is -0.384. The zero-order valence-electron chi connectivity index (χ0n) is 12.0. The number of nitrogens with one attached hydrogen (secondary N) is 1. The summed E-state index contributed by atoms with van der Waals surface area (Å²) in [4.78, 5) is 22.3. The first-order valence-electron chi connectivity index (χ1n) is 6.63. The summed E-state index contributed by atoms with van der Waals surface area (Å²) in [6, 6.07) is 9.13. The molecule has 2 heterocycles. The number of halogens is 1. The highest BCUT2D eigenvalue weighted by atomic mass is 35.5. The van der Waals surface area contributed by atoms with Crippen LogP contribution in [0.25, 0.3) is 5.65 Å². The highest BCUT2D eigenvalue weighted by molar-refractivity contribution is 6.33. The highest BCUT2D eigenvalue weighted by Gasteiger charge is 2.14. The van der Waals surface area contributed by atoms with Crippen molar-refractivity contribution in [3.8, 4) is 0 Å². The smallest absolute Gasteiger partial charge is 0.277 e. The van der Waals surface area contributed by atoms with Gasteiger partial charge < -0.3 is 0 Å². The van der Waals surface area contributed by atoms with Crippen LogP contribution in [0, 0.1) is 10.1 Å². The van der Waals surface area contributed by atoms with Gasteiger partial charge in [-0.2, -0.15) is 5.10 Å². The average molecular weight is 345 g/mol. The van der Waals surface area contributed by atoms with E-state index in [2.05, 4.69) is 20.7 Å². The Morgan fingerprint density at radius 2 is 2.17 bits per heavy atom. The Kier molecular flexibility index (Phi) is 4.17. The number of amides is 1. The van der Waals surface area contributed by atoms with Crippen LogP contribution in [0.4, 0.5) is 5.69 Å². The summed E-state index contributed by atoms with van der Waals surface area (Å²) in [6.45, 7) is 0. The van der Waals surface area contributed by atoms with Crippen molar-refractivity contribution in [2.24, 2.45) is 5.10 Å². The molecule has 1 aromatic carbocycles. The Morgan fingerprint density at radius 1 is 1.33 bits per heavy atom. The zero-order valence-corrected chi connectivity index (χ0v) is 12.7. The normalized spacial score (nSPS) is 11.0. The monoisotopic (exact) mass is 344 g/mol. The van der Waals surface area contributed by atoms with E-state index in [4.69, 9.17) is 11.6 Å². The molecule has 0 unspecified atom stereocenters. The van der Waals surface area contributed by atoms with Gasteiger partial charge in [0.15, 0.2) is 5.65 Å². The molecule has 0 bridgehead atoms. The molecule has 0 aliphatic rings. The first-order chi connectivity index (χ1) is 11.6. The third-order valence-electron chi connectivity index (χ3n) is 3.05. The molecule has 1 amide bonds. The molecule has 0 saturated heterocycles. The summed E-state index contributed by atoms with van der Waals surface area (Å²) in [6.07, 6.45) is 2.89. The largest absolute Gasteiger partial charge is 0.309 e. The van der Waals surface area contributed by atoms with E-state index in [0.29, 0.717) is 16.2 Å². The molecule has 9 nitrogen and oxygen atoms in total. The van der Waals surface area contributed by atoms with E-state index in [1.54, 1.807) is 24.4 Å². The predicted octanol–water partition coefficient (Wildman–Crippen LogP) is 2.05. The van der Waals surface area contributed by atoms with Crippen molar-refractivity contribution in [1.29, 1.82) is 0 Å². The van der Waals surface area contributed by atoms with Crippen molar-refractivity contribution >= 4 is 35.1 Å². The van der Waals surface area contributed by atoms with Gasteiger partial charge in [0.2, 0.25) is 5.82 Å². The van der Waals surface area contributed by atoms with Crippen LogP contribution in [0.2, 0.25) is 5.02 Å². The van der Waals surface area contributed by atoms with Gasteiger partial charge in [-0.25, -0.2) is 5.43 Å². The first-order valence-corrected chi connectivity index (χ1v) is 7.01. The number of hydrogen-bond acceptors (Lipinski definition) is 6. The lowest BCUT2D eigenvalue weighted by Crippen LogP contribution is -2.20. The molecule has 10 heteroatoms. The standard InChI is InChI=1S/C14H9ClN6O3/c15-11-5-2-6-20-12(11)17-18-13(20)14(22)19-16-8-9-3-1-4-10(7-9)21(23)24/h1-8H,(H,19,22). The van der Waals surface area contributed by atoms with Gasteiger partial charge in [-0.1, -0.05) is 23.7 Å². The van der Waals surface area contributed by atoms with E-state index in [-0.39, 0.29) is 11.5 Å². The molecular formula is C14H9ClN6O3. The van der Waals surface area contributed by atoms with Crippen LogP contribution in [0.5, 0.6) is 0 Å². The predicted molar refractivity (Wildman–Crippen MR) is 86.2 cm³/mol. The van der Waals surface area contributed by atoms with Crippen LogP contribution in [0.1, 0.15) is 16.2 Å². The first kappa shape index (κ1) is 15.6. The Balaban J connectivity index is 1.76. The number of nitro groups is 1. The van der Waals surface area contributed by atoms with Gasteiger partial charge in [-0.15, -0.1) is 10.2 Å². The topological polar surface area (TPSA) is 115 Å². The maximum Gasteiger partial charge on any atom is 0.309 e. The van der Waals surface area contributed by atoms with Gasteiger partial charge in [0, 0.05) is 23.9 Å². The van der Waals surface area contributed by atoms with Crippen molar-refractivity contribution in [2.45, 2.75) is 0 Å². The number of benzene rings is 1. The molecule has 0 aliphatic carbocycles. The van der Waals surface area contributed by atoms with Gasteiger partial charge in [0.25, 0.3) is 5.69 Å². The number of nitrogens with zero attached hydrogens (tertiary/aromatic N) is 5. The van der Waals surface area contributed by atoms with Crippen LogP contribution in [-0.2, 0) is 0 Å². The average Bonchev–Trinajstić information content (AvgIpc) is 3.00. The number of carbonyl (C=O) groups excluding carboxylic acids is 1. The van der Waals surface area contributed by atoms with Gasteiger partial charge in [-0.05, 0) is 12.1 Å². The summed E-state index contributed by atoms with van der Waals surface area (Å²) >= 11 is 5.96. The Bertz CT molecular complexity index is 968. The highest BCUT2D eigenvalue weighted by Crippen LogP contribution is 2.15. The van der Waals surface area contributed by atoms with Crippen LogP contribution >= 0.6 is 11.6 Å². The number of rotatable bonds is 4. The Labute approximate surface area is 139 Å². The minimum absolute atomic E-state index is 0.0173. The number of carbonyl (C=O) groups is 1. The van der Waals surface area contributed by atoms with E-state index in [1.807, 2.05) is 0 Å². The molecule has 0 saturated carbocycles. The fourth-order valence-electron chi connectivity index (χ4n) is 1.97. The minimum atomic E-state index is -0.591. The molecule has 0 fully saturated rings. The maximum absolute atomic E-state index is 12.1. The van der Waals surface area contributed by atoms with Crippen LogP contribution in [-0.4, -0.2) is 31.6 Å². The molecule has 0 spiro atoms. The fraction of sp³-hybridized carbons (Fsp3) is 0. The molecule has 2 aromatic heterocycles. The van der Waals surface area contributed by atoms with Crippen molar-refractivity contribution in [3.05, 3.63) is 69.1 Å². The van der Waals surface area contributed by atoms with Crippen LogP contribution < -0.4 is 5.43 Å². The molecule has 1 N–H and O–H groups in total. The second kappa shape index (κ2) is 6.42. The number of fused-ring (bicyclic) bond motifs is 1. The SMILES string of the molecule is O=C(NN=Cc1cccc([N+](=O)[O-])c1)c1nnc2c(Cl)cccn12. The molecule has 3 rings (SSSR count). The molecule has 0 aliphatic heterocycles. The van der Waals surface area contributed by atoms with E-state index in [9.17, 15) is 14.9 Å². The molecule has 120 valence electrons. The quantitative estimate of drug-likeness (QED) is 0.442. The zero-order chi connectivity index (χ0) is 17.1. The number of nitro benzene ring substituents is 1. The van der Waals surface area contributed by atoms with Gasteiger partial charge in [0.05, 0.1) is 16.2 Å². The molecule has 0 radical (unpaired) electrons. The van der Waals surface area contributed by atoms with Crippen molar-refractivity contribution in [1.82, 2.24) is 20.0 Å². The van der Waals surface area contributed by atoms with Crippen molar-refractivity contribution < 1.29 is 9.72 Å². The number of non-ortho nitro benzene ring substituents is 1. The van der Waals surface area contributed by atoms with Crippen LogP contribution in [0.3, 0.4) is 0 Å². The summed E-state index contributed by atoms with van der Waals surface area (Å²) in [5.74, 6) is -0.574. The number of hydrazone groups is 1. The Morgan fingerprint density at radius 3 is 2.96 bits per heavy atom.